The van der Waals surface area contributed by atoms with E-state index >= 15 is 0 Å². The summed E-state index contributed by atoms with van der Waals surface area (Å²) in [6.07, 6.45) is 1.72. The van der Waals surface area contributed by atoms with E-state index in [-0.39, 0.29) is 36.1 Å². The molecule has 1 atom stereocenters. The summed E-state index contributed by atoms with van der Waals surface area (Å²) < 4.78 is 0. The molecule has 0 aliphatic carbocycles. The molecule has 110 valence electrons. The van der Waals surface area contributed by atoms with E-state index in [0.717, 1.165) is 11.3 Å². The van der Waals surface area contributed by atoms with E-state index in [1.54, 1.807) is 6.20 Å². The number of nitrogens with zero attached hydrogens (tertiary/aromatic N) is 1. The minimum Gasteiger partial charge on any atom is -0.349 e. The van der Waals surface area contributed by atoms with Gasteiger partial charge in [-0.25, -0.2) is 0 Å². The number of aromatic nitrogens is 1. The molecule has 0 aliphatic heterocycles. The third-order valence-corrected chi connectivity index (χ3v) is 2.76. The molecule has 19 heavy (non-hydrogen) atoms. The lowest BCUT2D eigenvalue weighted by Crippen LogP contribution is -2.48. The number of nitrogens with one attached hydrogen (secondary N) is 1. The molecule has 1 aromatic rings. The molecule has 0 spiro atoms. The van der Waals surface area contributed by atoms with Gasteiger partial charge in [-0.15, -0.1) is 24.8 Å². The zero-order chi connectivity index (χ0) is 13.1. The van der Waals surface area contributed by atoms with Crippen molar-refractivity contribution in [1.82, 2.24) is 10.3 Å². The lowest BCUT2D eigenvalue weighted by molar-refractivity contribution is -0.124. The van der Waals surface area contributed by atoms with E-state index in [0.29, 0.717) is 6.54 Å². The topological polar surface area (TPSA) is 68.0 Å². The molecule has 4 nitrogen and oxygen atoms in total. The Labute approximate surface area is 127 Å². The molecule has 3 N–H and O–H groups in total. The fourth-order valence-corrected chi connectivity index (χ4v) is 1.38. The van der Waals surface area contributed by atoms with E-state index in [1.807, 2.05) is 39.8 Å². The molecule has 0 fully saturated rings. The van der Waals surface area contributed by atoms with E-state index < -0.39 is 6.04 Å². The largest absolute Gasteiger partial charge is 0.349 e. The number of carbonyl (C=O) groups is 1. The van der Waals surface area contributed by atoms with Gasteiger partial charge in [-0.2, -0.15) is 0 Å². The van der Waals surface area contributed by atoms with Crippen LogP contribution in [0.15, 0.2) is 18.3 Å². The van der Waals surface area contributed by atoms with Gasteiger partial charge in [0.2, 0.25) is 5.91 Å². The fraction of sp³-hybridized carbons (Fsp3) is 0.538. The van der Waals surface area contributed by atoms with Crippen LogP contribution < -0.4 is 11.1 Å². The van der Waals surface area contributed by atoms with E-state index in [1.165, 1.54) is 0 Å². The van der Waals surface area contributed by atoms with Crippen LogP contribution in [0.4, 0.5) is 0 Å². The first kappa shape index (κ1) is 20.5. The van der Waals surface area contributed by atoms with Crippen LogP contribution >= 0.6 is 24.8 Å². The van der Waals surface area contributed by atoms with Gasteiger partial charge in [0.1, 0.15) is 0 Å². The Bertz CT molecular complexity index is 405. The average Bonchev–Trinajstić information content (AvgIpc) is 2.25. The first-order chi connectivity index (χ1) is 7.82. The van der Waals surface area contributed by atoms with Gasteiger partial charge < -0.3 is 11.1 Å². The molecule has 0 radical (unpaired) electrons. The zero-order valence-corrected chi connectivity index (χ0v) is 13.4. The molecule has 6 heteroatoms. The summed E-state index contributed by atoms with van der Waals surface area (Å²) in [5.74, 6) is -0.137. The quantitative estimate of drug-likeness (QED) is 0.899. The van der Waals surface area contributed by atoms with E-state index in [2.05, 4.69) is 10.3 Å². The first-order valence-electron chi connectivity index (χ1n) is 5.76. The normalized spacial score (nSPS) is 11.8. The highest BCUT2D eigenvalue weighted by atomic mass is 35.5. The van der Waals surface area contributed by atoms with Crippen molar-refractivity contribution in [3.05, 3.63) is 29.6 Å². The van der Waals surface area contributed by atoms with E-state index in [9.17, 15) is 4.79 Å². The van der Waals surface area contributed by atoms with Gasteiger partial charge in [0.15, 0.2) is 0 Å². The summed E-state index contributed by atoms with van der Waals surface area (Å²) in [7, 11) is 0. The summed E-state index contributed by atoms with van der Waals surface area (Å²) in [5.41, 5.74) is 7.57. The van der Waals surface area contributed by atoms with Crippen LogP contribution in [0.5, 0.6) is 0 Å². The van der Waals surface area contributed by atoms with Gasteiger partial charge in [0, 0.05) is 6.20 Å². The second-order valence-electron chi connectivity index (χ2n) is 5.33. The Morgan fingerprint density at radius 1 is 1.42 bits per heavy atom. The third kappa shape index (κ3) is 6.23. The third-order valence-electron chi connectivity index (χ3n) is 2.76. The number of halogens is 2. The van der Waals surface area contributed by atoms with Crippen molar-refractivity contribution in [1.29, 1.82) is 0 Å². The van der Waals surface area contributed by atoms with Crippen molar-refractivity contribution in [2.45, 2.75) is 40.3 Å². The molecular weight excluding hydrogens is 285 g/mol. The monoisotopic (exact) mass is 307 g/mol. The molecular formula is C13H23Cl2N3O. The number of carbonyl (C=O) groups excluding carboxylic acids is 1. The van der Waals surface area contributed by atoms with Crippen molar-refractivity contribution in [3.63, 3.8) is 0 Å². The van der Waals surface area contributed by atoms with Crippen LogP contribution in [0.3, 0.4) is 0 Å². The Kier molecular flexibility index (Phi) is 9.00. The molecule has 0 bridgehead atoms. The number of rotatable bonds is 3. The van der Waals surface area contributed by atoms with Crippen LogP contribution in [-0.4, -0.2) is 16.9 Å². The highest BCUT2D eigenvalue weighted by molar-refractivity contribution is 5.85. The molecule has 1 heterocycles. The van der Waals surface area contributed by atoms with E-state index in [4.69, 9.17) is 5.73 Å². The molecule has 0 aromatic carbocycles. The molecule has 1 rings (SSSR count). The number of pyridine rings is 1. The van der Waals surface area contributed by atoms with Gasteiger partial charge in [-0.05, 0) is 24.0 Å². The second kappa shape index (κ2) is 8.35. The summed E-state index contributed by atoms with van der Waals surface area (Å²) >= 11 is 0. The predicted octanol–water partition coefficient (Wildman–Crippen LogP) is 2.22. The smallest absolute Gasteiger partial charge is 0.237 e. The molecule has 0 aliphatic rings. The summed E-state index contributed by atoms with van der Waals surface area (Å²) in [4.78, 5) is 16.0. The van der Waals surface area contributed by atoms with Gasteiger partial charge in [-0.3, -0.25) is 9.78 Å². The summed E-state index contributed by atoms with van der Waals surface area (Å²) in [5, 5.41) is 2.82. The molecule has 1 aromatic heterocycles. The number of hydrogen-bond donors (Lipinski definition) is 2. The SMILES string of the molecule is Cc1cccnc1CNC(=O)[C@@H](N)C(C)(C)C.Cl.Cl. The Balaban J connectivity index is 0. The molecule has 0 unspecified atom stereocenters. The highest BCUT2D eigenvalue weighted by Crippen LogP contribution is 2.17. The van der Waals surface area contributed by atoms with Crippen molar-refractivity contribution < 1.29 is 4.79 Å². The van der Waals surface area contributed by atoms with Crippen molar-refractivity contribution in [2.75, 3.05) is 0 Å². The molecule has 0 saturated heterocycles. The van der Waals surface area contributed by atoms with Gasteiger partial charge in [0.05, 0.1) is 18.3 Å². The minimum absolute atomic E-state index is 0. The van der Waals surface area contributed by atoms with Gasteiger partial charge in [0.25, 0.3) is 0 Å². The molecule has 0 saturated carbocycles. The molecule has 1 amide bonds. The maximum atomic E-state index is 11.8. The lowest BCUT2D eigenvalue weighted by atomic mass is 9.87. The maximum Gasteiger partial charge on any atom is 0.237 e. The Morgan fingerprint density at radius 3 is 2.47 bits per heavy atom. The lowest BCUT2D eigenvalue weighted by Gasteiger charge is -2.25. The van der Waals surface area contributed by atoms with Crippen LogP contribution in [0.25, 0.3) is 0 Å². The highest BCUT2D eigenvalue weighted by Gasteiger charge is 2.27. The van der Waals surface area contributed by atoms with Crippen LogP contribution in [-0.2, 0) is 11.3 Å². The van der Waals surface area contributed by atoms with Crippen LogP contribution in [0.2, 0.25) is 0 Å². The number of hydrogen-bond acceptors (Lipinski definition) is 3. The van der Waals surface area contributed by atoms with Crippen molar-refractivity contribution in [2.24, 2.45) is 11.1 Å². The number of nitrogens with two attached hydrogens (primary N) is 1. The van der Waals surface area contributed by atoms with Crippen LogP contribution in [0, 0.1) is 12.3 Å². The average molecular weight is 308 g/mol. The fourth-order valence-electron chi connectivity index (χ4n) is 1.38. The van der Waals surface area contributed by atoms with Crippen LogP contribution in [0.1, 0.15) is 32.0 Å². The Morgan fingerprint density at radius 2 is 2.00 bits per heavy atom. The number of aryl methyl sites for hydroxylation is 1. The Hall–Kier alpha value is -0.840. The predicted molar refractivity (Wildman–Crippen MR) is 82.7 cm³/mol. The number of amides is 1. The standard InChI is InChI=1S/C13H21N3O.2ClH/c1-9-6-5-7-15-10(9)8-16-12(17)11(14)13(2,3)4;;/h5-7,11H,8,14H2,1-4H3,(H,16,17);2*1H/t11-;;/m1../s1. The second-order valence-corrected chi connectivity index (χ2v) is 5.33. The van der Waals surface area contributed by atoms with Gasteiger partial charge >= 0.3 is 0 Å². The maximum absolute atomic E-state index is 11.8. The minimum atomic E-state index is -0.508. The zero-order valence-electron chi connectivity index (χ0n) is 11.8. The van der Waals surface area contributed by atoms with Gasteiger partial charge in [-0.1, -0.05) is 26.8 Å². The summed E-state index contributed by atoms with van der Waals surface area (Å²) in [6, 6.07) is 3.34. The van der Waals surface area contributed by atoms with Crippen molar-refractivity contribution in [3.8, 4) is 0 Å². The van der Waals surface area contributed by atoms with Crippen molar-refractivity contribution >= 4 is 30.7 Å². The first-order valence-corrected chi connectivity index (χ1v) is 5.76. The summed E-state index contributed by atoms with van der Waals surface area (Å²) in [6.45, 7) is 8.24.